The van der Waals surface area contributed by atoms with E-state index in [1.54, 1.807) is 0 Å². The zero-order valence-corrected chi connectivity index (χ0v) is 13.3. The minimum atomic E-state index is -0.0250. The number of hydrogen-bond donors (Lipinski definition) is 2. The van der Waals surface area contributed by atoms with Gasteiger partial charge in [-0.2, -0.15) is 0 Å². The highest BCUT2D eigenvalue weighted by Gasteiger charge is 2.26. The zero-order valence-electron chi connectivity index (χ0n) is 12.5. The van der Waals surface area contributed by atoms with Crippen LogP contribution in [0, 0.1) is 0 Å². The van der Waals surface area contributed by atoms with Crippen molar-refractivity contribution < 1.29 is 0 Å². The standard InChI is InChI=1S/C17H27ClN2/c1-17(13-19,12-14-8-10-15(18)11-9-14)20-16-6-4-2-3-5-7-16/h8-11,16,20H,2-7,12-13,19H2,1H3. The highest BCUT2D eigenvalue weighted by Crippen LogP contribution is 2.21. The van der Waals surface area contributed by atoms with Gasteiger partial charge in [0.05, 0.1) is 0 Å². The predicted octanol–water partition coefficient (Wildman–Crippen LogP) is 3.91. The van der Waals surface area contributed by atoms with E-state index in [4.69, 9.17) is 17.3 Å². The molecule has 0 aliphatic heterocycles. The number of nitrogens with two attached hydrogens (primary N) is 1. The van der Waals surface area contributed by atoms with Gasteiger partial charge in [-0.3, -0.25) is 0 Å². The minimum Gasteiger partial charge on any atom is -0.329 e. The number of hydrogen-bond acceptors (Lipinski definition) is 2. The Morgan fingerprint density at radius 2 is 1.75 bits per heavy atom. The minimum absolute atomic E-state index is 0.0250. The molecule has 2 rings (SSSR count). The molecule has 3 heteroatoms. The molecule has 0 radical (unpaired) electrons. The van der Waals surface area contributed by atoms with Crippen LogP contribution in [0.15, 0.2) is 24.3 Å². The van der Waals surface area contributed by atoms with Crippen LogP contribution in [0.3, 0.4) is 0 Å². The Kier molecular flexibility index (Phi) is 5.88. The van der Waals surface area contributed by atoms with E-state index in [2.05, 4.69) is 24.4 Å². The van der Waals surface area contributed by atoms with Crippen LogP contribution in [0.1, 0.15) is 51.0 Å². The fourth-order valence-corrected chi connectivity index (χ4v) is 3.28. The molecule has 1 fully saturated rings. The molecular formula is C17H27ClN2. The highest BCUT2D eigenvalue weighted by atomic mass is 35.5. The van der Waals surface area contributed by atoms with E-state index < -0.39 is 0 Å². The van der Waals surface area contributed by atoms with E-state index in [1.807, 2.05) is 12.1 Å². The first-order valence-electron chi connectivity index (χ1n) is 7.83. The lowest BCUT2D eigenvalue weighted by Gasteiger charge is -2.34. The summed E-state index contributed by atoms with van der Waals surface area (Å²) in [5.41, 5.74) is 7.32. The molecule has 0 saturated heterocycles. The third kappa shape index (κ3) is 4.76. The maximum Gasteiger partial charge on any atom is 0.0406 e. The number of halogens is 1. The molecule has 1 unspecified atom stereocenters. The van der Waals surface area contributed by atoms with Crippen molar-refractivity contribution in [1.29, 1.82) is 0 Å². The quantitative estimate of drug-likeness (QED) is 0.808. The van der Waals surface area contributed by atoms with Gasteiger partial charge in [-0.25, -0.2) is 0 Å². The molecule has 1 atom stereocenters. The molecule has 1 aromatic carbocycles. The first kappa shape index (κ1) is 15.8. The van der Waals surface area contributed by atoms with Crippen molar-refractivity contribution >= 4 is 11.6 Å². The molecule has 1 aliphatic carbocycles. The van der Waals surface area contributed by atoms with Crippen LogP contribution in [0.2, 0.25) is 5.02 Å². The van der Waals surface area contributed by atoms with Crippen LogP contribution < -0.4 is 11.1 Å². The van der Waals surface area contributed by atoms with Crippen molar-refractivity contribution in [2.24, 2.45) is 5.73 Å². The Morgan fingerprint density at radius 3 is 2.30 bits per heavy atom. The average Bonchev–Trinajstić information content (AvgIpc) is 2.70. The van der Waals surface area contributed by atoms with Gasteiger partial charge in [0.25, 0.3) is 0 Å². The third-order valence-electron chi connectivity index (χ3n) is 4.37. The van der Waals surface area contributed by atoms with Crippen molar-refractivity contribution in [3.8, 4) is 0 Å². The Hall–Kier alpha value is -0.570. The van der Waals surface area contributed by atoms with Gasteiger partial charge in [-0.1, -0.05) is 49.4 Å². The number of nitrogens with one attached hydrogen (secondary N) is 1. The SMILES string of the molecule is CC(CN)(Cc1ccc(Cl)cc1)NC1CCCCCC1. The normalized spacial score (nSPS) is 20.4. The van der Waals surface area contributed by atoms with Crippen molar-refractivity contribution in [2.45, 2.75) is 63.5 Å². The van der Waals surface area contributed by atoms with Gasteiger partial charge in [0.2, 0.25) is 0 Å². The van der Waals surface area contributed by atoms with E-state index in [-0.39, 0.29) is 5.54 Å². The molecule has 0 aromatic heterocycles. The lowest BCUT2D eigenvalue weighted by molar-refractivity contribution is 0.295. The topological polar surface area (TPSA) is 38.0 Å². The molecule has 1 aromatic rings. The van der Waals surface area contributed by atoms with E-state index in [0.717, 1.165) is 11.4 Å². The molecule has 0 bridgehead atoms. The molecular weight excluding hydrogens is 268 g/mol. The Morgan fingerprint density at radius 1 is 1.15 bits per heavy atom. The average molecular weight is 295 g/mol. The summed E-state index contributed by atoms with van der Waals surface area (Å²) in [4.78, 5) is 0. The third-order valence-corrected chi connectivity index (χ3v) is 4.62. The summed E-state index contributed by atoms with van der Waals surface area (Å²) in [5.74, 6) is 0. The predicted molar refractivity (Wildman–Crippen MR) is 87.2 cm³/mol. The maximum atomic E-state index is 6.05. The van der Waals surface area contributed by atoms with Gasteiger partial charge in [0.1, 0.15) is 0 Å². The van der Waals surface area contributed by atoms with Crippen LogP contribution in [-0.4, -0.2) is 18.1 Å². The van der Waals surface area contributed by atoms with E-state index in [0.29, 0.717) is 12.6 Å². The van der Waals surface area contributed by atoms with Crippen LogP contribution in [0.25, 0.3) is 0 Å². The van der Waals surface area contributed by atoms with Gasteiger partial charge in [0.15, 0.2) is 0 Å². The zero-order chi connectivity index (χ0) is 14.4. The van der Waals surface area contributed by atoms with Crippen molar-refractivity contribution in [2.75, 3.05) is 6.54 Å². The number of rotatable bonds is 5. The summed E-state index contributed by atoms with van der Waals surface area (Å²) in [7, 11) is 0. The lowest BCUT2D eigenvalue weighted by Crippen LogP contribution is -2.54. The summed E-state index contributed by atoms with van der Waals surface area (Å²) < 4.78 is 0. The molecule has 0 heterocycles. The first-order chi connectivity index (χ1) is 9.61. The second-order valence-electron chi connectivity index (χ2n) is 6.40. The van der Waals surface area contributed by atoms with Gasteiger partial charge in [0, 0.05) is 23.1 Å². The fraction of sp³-hybridized carbons (Fsp3) is 0.647. The number of benzene rings is 1. The summed E-state index contributed by atoms with van der Waals surface area (Å²) in [5, 5.41) is 4.62. The Balaban J connectivity index is 1.98. The van der Waals surface area contributed by atoms with Gasteiger partial charge >= 0.3 is 0 Å². The molecule has 0 amide bonds. The van der Waals surface area contributed by atoms with Crippen molar-refractivity contribution in [3.63, 3.8) is 0 Å². The molecule has 1 saturated carbocycles. The molecule has 2 nitrogen and oxygen atoms in total. The second-order valence-corrected chi connectivity index (χ2v) is 6.84. The highest BCUT2D eigenvalue weighted by molar-refractivity contribution is 6.30. The summed E-state index contributed by atoms with van der Waals surface area (Å²) in [6, 6.07) is 8.74. The van der Waals surface area contributed by atoms with Crippen LogP contribution in [0.5, 0.6) is 0 Å². The maximum absolute atomic E-state index is 6.05. The molecule has 0 spiro atoms. The van der Waals surface area contributed by atoms with Gasteiger partial charge in [-0.05, 0) is 43.9 Å². The summed E-state index contributed by atoms with van der Waals surface area (Å²) in [6.45, 7) is 2.90. The fourth-order valence-electron chi connectivity index (χ4n) is 3.15. The van der Waals surface area contributed by atoms with Gasteiger partial charge in [-0.15, -0.1) is 0 Å². The Labute approximate surface area is 128 Å². The smallest absolute Gasteiger partial charge is 0.0406 e. The van der Waals surface area contributed by atoms with E-state index >= 15 is 0 Å². The van der Waals surface area contributed by atoms with E-state index in [9.17, 15) is 0 Å². The van der Waals surface area contributed by atoms with Crippen LogP contribution in [-0.2, 0) is 6.42 Å². The van der Waals surface area contributed by atoms with Crippen LogP contribution in [0.4, 0.5) is 0 Å². The summed E-state index contributed by atoms with van der Waals surface area (Å²) >= 11 is 5.95. The van der Waals surface area contributed by atoms with E-state index in [1.165, 1.54) is 44.1 Å². The molecule has 112 valence electrons. The van der Waals surface area contributed by atoms with Crippen LogP contribution >= 0.6 is 11.6 Å². The van der Waals surface area contributed by atoms with Crippen molar-refractivity contribution in [3.05, 3.63) is 34.9 Å². The summed E-state index contributed by atoms with van der Waals surface area (Å²) in [6.07, 6.45) is 8.99. The molecule has 20 heavy (non-hydrogen) atoms. The molecule has 1 aliphatic rings. The Bertz CT molecular complexity index is 396. The van der Waals surface area contributed by atoms with Gasteiger partial charge < -0.3 is 11.1 Å². The second kappa shape index (κ2) is 7.44. The largest absolute Gasteiger partial charge is 0.329 e. The lowest BCUT2D eigenvalue weighted by atomic mass is 9.91. The molecule has 3 N–H and O–H groups in total. The first-order valence-corrected chi connectivity index (χ1v) is 8.21. The van der Waals surface area contributed by atoms with Crippen molar-refractivity contribution in [1.82, 2.24) is 5.32 Å². The monoisotopic (exact) mass is 294 g/mol.